The first-order valence-electron chi connectivity index (χ1n) is 11.7. The van der Waals surface area contributed by atoms with Gasteiger partial charge in [0, 0.05) is 31.2 Å². The highest BCUT2D eigenvalue weighted by atomic mass is 35.5. The van der Waals surface area contributed by atoms with Crippen LogP contribution in [-0.4, -0.2) is 73.6 Å². The Morgan fingerprint density at radius 1 is 1.09 bits per heavy atom. The third kappa shape index (κ3) is 6.69. The van der Waals surface area contributed by atoms with Gasteiger partial charge in [0.25, 0.3) is 0 Å². The minimum Gasteiger partial charge on any atom is -0.354 e. The molecule has 1 heterocycles. The second kappa shape index (κ2) is 12.6. The van der Waals surface area contributed by atoms with E-state index in [1.807, 2.05) is 42.5 Å². The number of amides is 3. The van der Waals surface area contributed by atoms with Crippen molar-refractivity contribution in [2.24, 2.45) is 0 Å². The van der Waals surface area contributed by atoms with Crippen LogP contribution in [0.4, 0.5) is 16.2 Å². The van der Waals surface area contributed by atoms with E-state index in [1.165, 1.54) is 0 Å². The number of rotatable bonds is 9. The first kappa shape index (κ1) is 25.0. The fourth-order valence-corrected chi connectivity index (χ4v) is 4.21. The lowest BCUT2D eigenvalue weighted by molar-refractivity contribution is -0.125. The summed E-state index contributed by atoms with van der Waals surface area (Å²) in [5.74, 6) is -0.130. The number of hydrogen-bond donors (Lipinski definition) is 2. The zero-order valence-corrected chi connectivity index (χ0v) is 20.2. The molecule has 1 atom stereocenters. The Labute approximate surface area is 201 Å². The molecule has 8 heteroatoms. The molecule has 2 aromatic carbocycles. The molecule has 1 aliphatic heterocycles. The van der Waals surface area contributed by atoms with Gasteiger partial charge < -0.3 is 20.4 Å². The van der Waals surface area contributed by atoms with Crippen LogP contribution in [0.3, 0.4) is 0 Å². The molecule has 3 amide bonds. The van der Waals surface area contributed by atoms with Crippen molar-refractivity contribution in [1.29, 1.82) is 0 Å². The maximum atomic E-state index is 13.8. The second-order valence-electron chi connectivity index (χ2n) is 8.02. The summed E-state index contributed by atoms with van der Waals surface area (Å²) in [5.41, 5.74) is 1.39. The maximum absolute atomic E-state index is 13.8. The molecule has 0 spiro atoms. The van der Waals surface area contributed by atoms with Crippen molar-refractivity contribution in [2.75, 3.05) is 50.7 Å². The Balaban J connectivity index is 1.76. The van der Waals surface area contributed by atoms with E-state index < -0.39 is 6.04 Å². The average Bonchev–Trinajstić information content (AvgIpc) is 2.85. The number of anilines is 2. The summed E-state index contributed by atoms with van der Waals surface area (Å²) in [5, 5.41) is 6.83. The van der Waals surface area contributed by atoms with Crippen LogP contribution in [0.25, 0.3) is 0 Å². The molecule has 1 saturated heterocycles. The van der Waals surface area contributed by atoms with Crippen LogP contribution in [0.2, 0.25) is 5.02 Å². The smallest absolute Gasteiger partial charge is 0.329 e. The van der Waals surface area contributed by atoms with Crippen molar-refractivity contribution in [2.45, 2.75) is 26.3 Å². The van der Waals surface area contributed by atoms with Gasteiger partial charge in [-0.3, -0.25) is 9.69 Å². The van der Waals surface area contributed by atoms with Crippen molar-refractivity contribution in [3.05, 3.63) is 59.6 Å². The molecule has 0 saturated carbocycles. The highest BCUT2D eigenvalue weighted by Gasteiger charge is 2.35. The minimum absolute atomic E-state index is 0.130. The molecule has 178 valence electrons. The third-order valence-corrected chi connectivity index (χ3v) is 6.14. The SMILES string of the molecule is CCN(CC)CCCNC(=O)C1CNCCN1C(=O)N(c1ccccc1)c1cccc(Cl)c1. The van der Waals surface area contributed by atoms with Gasteiger partial charge in [0.05, 0.1) is 11.4 Å². The molecular formula is C25H34ClN5O2. The molecule has 3 rings (SSSR count). The average molecular weight is 472 g/mol. The highest BCUT2D eigenvalue weighted by Crippen LogP contribution is 2.29. The van der Waals surface area contributed by atoms with Crippen molar-refractivity contribution in [3.8, 4) is 0 Å². The van der Waals surface area contributed by atoms with Gasteiger partial charge in [-0.2, -0.15) is 0 Å². The Bertz CT molecular complexity index is 907. The predicted octanol–water partition coefficient (Wildman–Crippen LogP) is 3.72. The molecule has 0 aromatic heterocycles. The predicted molar refractivity (Wildman–Crippen MR) is 134 cm³/mol. The number of nitrogens with one attached hydrogen (secondary N) is 2. The molecule has 2 N–H and O–H groups in total. The zero-order chi connectivity index (χ0) is 23.6. The van der Waals surface area contributed by atoms with E-state index in [4.69, 9.17) is 11.6 Å². The largest absolute Gasteiger partial charge is 0.354 e. The molecule has 1 unspecified atom stereocenters. The lowest BCUT2D eigenvalue weighted by Gasteiger charge is -2.38. The van der Waals surface area contributed by atoms with E-state index in [0.29, 0.717) is 36.9 Å². The summed E-state index contributed by atoms with van der Waals surface area (Å²) in [6.07, 6.45) is 0.875. The van der Waals surface area contributed by atoms with Crippen LogP contribution < -0.4 is 15.5 Å². The number of carbonyl (C=O) groups excluding carboxylic acids is 2. The first-order valence-corrected chi connectivity index (χ1v) is 12.0. The molecular weight excluding hydrogens is 438 g/mol. The number of nitrogens with zero attached hydrogens (tertiary/aromatic N) is 3. The maximum Gasteiger partial charge on any atom is 0.329 e. The second-order valence-corrected chi connectivity index (χ2v) is 8.45. The van der Waals surface area contributed by atoms with Crippen LogP contribution in [-0.2, 0) is 4.79 Å². The number of hydrogen-bond acceptors (Lipinski definition) is 4. The van der Waals surface area contributed by atoms with Crippen molar-refractivity contribution >= 4 is 34.9 Å². The van der Waals surface area contributed by atoms with Gasteiger partial charge in [-0.1, -0.05) is 49.7 Å². The molecule has 2 aromatic rings. The molecule has 0 bridgehead atoms. The van der Waals surface area contributed by atoms with Crippen molar-refractivity contribution in [1.82, 2.24) is 20.4 Å². The number of piperazine rings is 1. The number of carbonyl (C=O) groups is 2. The van der Waals surface area contributed by atoms with E-state index in [0.717, 1.165) is 31.7 Å². The van der Waals surface area contributed by atoms with Crippen LogP contribution in [0.1, 0.15) is 20.3 Å². The summed E-state index contributed by atoms with van der Waals surface area (Å²) in [4.78, 5) is 32.5. The van der Waals surface area contributed by atoms with Crippen LogP contribution in [0.15, 0.2) is 54.6 Å². The molecule has 0 radical (unpaired) electrons. The monoisotopic (exact) mass is 471 g/mol. The van der Waals surface area contributed by atoms with Gasteiger partial charge in [-0.15, -0.1) is 0 Å². The quantitative estimate of drug-likeness (QED) is 0.547. The third-order valence-electron chi connectivity index (χ3n) is 5.91. The topological polar surface area (TPSA) is 67.9 Å². The number of urea groups is 1. The van der Waals surface area contributed by atoms with Gasteiger partial charge in [0.1, 0.15) is 6.04 Å². The van der Waals surface area contributed by atoms with Crippen LogP contribution >= 0.6 is 11.6 Å². The van der Waals surface area contributed by atoms with Crippen molar-refractivity contribution < 1.29 is 9.59 Å². The lowest BCUT2D eigenvalue weighted by atomic mass is 10.1. The fraction of sp³-hybridized carbons (Fsp3) is 0.440. The van der Waals surface area contributed by atoms with Gasteiger partial charge >= 0.3 is 6.03 Å². The fourth-order valence-electron chi connectivity index (χ4n) is 4.03. The number of para-hydroxylation sites is 1. The molecule has 1 fully saturated rings. The molecule has 1 aliphatic rings. The highest BCUT2D eigenvalue weighted by molar-refractivity contribution is 6.31. The summed E-state index contributed by atoms with van der Waals surface area (Å²) < 4.78 is 0. The minimum atomic E-state index is -0.579. The summed E-state index contributed by atoms with van der Waals surface area (Å²) in [6, 6.07) is 15.8. The summed E-state index contributed by atoms with van der Waals surface area (Å²) in [6.45, 7) is 9.30. The Hall–Kier alpha value is -2.61. The van der Waals surface area contributed by atoms with Gasteiger partial charge in [-0.05, 0) is 56.4 Å². The number of halogens is 1. The van der Waals surface area contributed by atoms with Gasteiger partial charge in [-0.25, -0.2) is 4.79 Å². The van der Waals surface area contributed by atoms with E-state index in [1.54, 1.807) is 21.9 Å². The summed E-state index contributed by atoms with van der Waals surface area (Å²) >= 11 is 6.23. The Morgan fingerprint density at radius 2 is 1.82 bits per heavy atom. The Kier molecular flexibility index (Phi) is 9.54. The molecule has 0 aliphatic carbocycles. The molecule has 33 heavy (non-hydrogen) atoms. The van der Waals surface area contributed by atoms with E-state index >= 15 is 0 Å². The van der Waals surface area contributed by atoms with Crippen molar-refractivity contribution in [3.63, 3.8) is 0 Å². The summed E-state index contributed by atoms with van der Waals surface area (Å²) in [7, 11) is 0. The van der Waals surface area contributed by atoms with Gasteiger partial charge in [0.15, 0.2) is 0 Å². The van der Waals surface area contributed by atoms with Crippen LogP contribution in [0, 0.1) is 0 Å². The van der Waals surface area contributed by atoms with E-state index in [9.17, 15) is 9.59 Å². The van der Waals surface area contributed by atoms with E-state index in [-0.39, 0.29) is 11.9 Å². The van der Waals surface area contributed by atoms with Gasteiger partial charge in [0.2, 0.25) is 5.91 Å². The van der Waals surface area contributed by atoms with E-state index in [2.05, 4.69) is 29.4 Å². The number of benzene rings is 2. The lowest BCUT2D eigenvalue weighted by Crippen LogP contribution is -2.61. The molecule has 7 nitrogen and oxygen atoms in total. The Morgan fingerprint density at radius 3 is 2.52 bits per heavy atom. The van der Waals surface area contributed by atoms with Crippen LogP contribution in [0.5, 0.6) is 0 Å². The standard InChI is InChI=1S/C25H34ClN5O2/c1-3-29(4-2)16-9-14-28-24(32)23-19-27-15-17-30(23)25(33)31(21-11-6-5-7-12-21)22-13-8-10-20(26)18-22/h5-8,10-13,18,23,27H,3-4,9,14-17,19H2,1-2H3,(H,28,32). The zero-order valence-electron chi connectivity index (χ0n) is 19.5. The normalized spacial score (nSPS) is 16.0. The first-order chi connectivity index (χ1) is 16.0.